The Balaban J connectivity index is 1.75. The number of hydrogen-bond acceptors (Lipinski definition) is 5. The van der Waals surface area contributed by atoms with Crippen molar-refractivity contribution in [3.05, 3.63) is 101 Å². The molecule has 1 aliphatic heterocycles. The third-order valence-corrected chi connectivity index (χ3v) is 7.45. The number of aliphatic imine (C=N–C) groups is 1. The molecule has 5 rings (SSSR count). The molecule has 1 heterocycles. The number of hydrogen-bond donors (Lipinski definition) is 1. The predicted molar refractivity (Wildman–Crippen MR) is 126 cm³/mol. The molecular formula is C26H22N2O2S. The predicted octanol–water partition coefficient (Wildman–Crippen LogP) is 6.16. The Hall–Kier alpha value is -3.18. The van der Waals surface area contributed by atoms with Gasteiger partial charge in [-0.05, 0) is 43.0 Å². The lowest BCUT2D eigenvalue weighted by Crippen LogP contribution is -2.44. The Bertz CT molecular complexity index is 1200. The molecule has 0 radical (unpaired) electrons. The van der Waals surface area contributed by atoms with Gasteiger partial charge in [0.2, 0.25) is 0 Å². The third-order valence-electron chi connectivity index (χ3n) is 6.27. The van der Waals surface area contributed by atoms with Crippen LogP contribution in [0.5, 0.6) is 0 Å². The number of nitrogens with zero attached hydrogens (tertiary/aromatic N) is 2. The topological polar surface area (TPSA) is 62.0 Å². The lowest BCUT2D eigenvalue weighted by molar-refractivity contribution is 0.0843. The molecule has 0 saturated carbocycles. The molecule has 154 valence electrons. The first-order chi connectivity index (χ1) is 15.1. The van der Waals surface area contributed by atoms with Crippen LogP contribution in [0.25, 0.3) is 0 Å². The van der Waals surface area contributed by atoms with Crippen LogP contribution in [0.2, 0.25) is 0 Å². The van der Waals surface area contributed by atoms with Crippen molar-refractivity contribution in [1.82, 2.24) is 0 Å². The summed E-state index contributed by atoms with van der Waals surface area (Å²) in [4.78, 5) is 19.0. The van der Waals surface area contributed by atoms with Crippen LogP contribution in [-0.2, 0) is 6.42 Å². The highest BCUT2D eigenvalue weighted by Gasteiger charge is 2.59. The normalized spacial score (nSPS) is 25.3. The molecular weight excluding hydrogens is 404 g/mol. The Labute approximate surface area is 185 Å². The number of carbonyl (C=O) groups is 1. The average molecular weight is 427 g/mol. The number of ketones is 1. The van der Waals surface area contributed by atoms with E-state index in [9.17, 15) is 10.0 Å². The molecule has 5 heteroatoms. The summed E-state index contributed by atoms with van der Waals surface area (Å²) in [5.41, 5.74) is 3.83. The summed E-state index contributed by atoms with van der Waals surface area (Å²) in [5, 5.41) is 14.8. The number of aryl methyl sites for hydroxylation is 2. The van der Waals surface area contributed by atoms with Gasteiger partial charge in [0.1, 0.15) is 5.04 Å². The molecule has 1 spiro atoms. The summed E-state index contributed by atoms with van der Waals surface area (Å²) in [6.45, 7) is 2.04. The number of para-hydroxylation sites is 1. The molecule has 0 bridgehead atoms. The van der Waals surface area contributed by atoms with E-state index >= 15 is 0 Å². The van der Waals surface area contributed by atoms with Gasteiger partial charge in [0.05, 0.1) is 22.1 Å². The Kier molecular flexibility index (Phi) is 4.98. The maximum atomic E-state index is 14.1. The summed E-state index contributed by atoms with van der Waals surface area (Å²) in [7, 11) is 0. The van der Waals surface area contributed by atoms with Crippen LogP contribution < -0.4 is 0 Å². The highest BCUT2D eigenvalue weighted by atomic mass is 32.2. The smallest absolute Gasteiger partial charge is 0.176 e. The van der Waals surface area contributed by atoms with E-state index < -0.39 is 5.41 Å². The van der Waals surface area contributed by atoms with Gasteiger partial charge in [-0.3, -0.25) is 4.79 Å². The number of thioether (sulfide) groups is 1. The summed E-state index contributed by atoms with van der Waals surface area (Å²) in [6.07, 6.45) is 1.40. The Morgan fingerprint density at radius 2 is 1.68 bits per heavy atom. The molecule has 1 aliphatic carbocycles. The van der Waals surface area contributed by atoms with Crippen LogP contribution in [-0.4, -0.2) is 21.1 Å². The van der Waals surface area contributed by atoms with Gasteiger partial charge < -0.3 is 5.21 Å². The SMILES string of the molecule is Cc1ccc([C@H]2/C(=N/O)SC(=Nc3ccccc3)[C@@]23CCc2ccccc2C3=O)cc1. The minimum Gasteiger partial charge on any atom is -0.410 e. The second kappa shape index (κ2) is 7.82. The Morgan fingerprint density at radius 3 is 2.42 bits per heavy atom. The van der Waals surface area contributed by atoms with Gasteiger partial charge in [-0.15, -0.1) is 0 Å². The summed E-state index contributed by atoms with van der Waals surface area (Å²) < 4.78 is 0. The first-order valence-electron chi connectivity index (χ1n) is 10.4. The fraction of sp³-hybridized carbons (Fsp3) is 0.192. The lowest BCUT2D eigenvalue weighted by atomic mass is 9.62. The van der Waals surface area contributed by atoms with Gasteiger partial charge in [-0.25, -0.2) is 4.99 Å². The molecule has 1 N–H and O–H groups in total. The standard InChI is InChI=1S/C26H22N2O2S/c1-17-11-13-19(14-12-17)22-24(28-30)31-25(27-20-8-3-2-4-9-20)26(22)16-15-18-7-5-6-10-21(18)23(26)29/h2-14,22,30H,15-16H2,1H3/b27-25?,28-24-/t22-,26-/m0/s1. The van der Waals surface area contributed by atoms with Gasteiger partial charge in [0.25, 0.3) is 0 Å². The zero-order chi connectivity index (χ0) is 21.4. The molecule has 1 saturated heterocycles. The number of rotatable bonds is 2. The number of benzene rings is 3. The monoisotopic (exact) mass is 426 g/mol. The van der Waals surface area contributed by atoms with Crippen molar-refractivity contribution in [1.29, 1.82) is 0 Å². The first-order valence-corrected chi connectivity index (χ1v) is 11.2. The Morgan fingerprint density at radius 1 is 0.968 bits per heavy atom. The molecule has 3 aromatic carbocycles. The highest BCUT2D eigenvalue weighted by molar-refractivity contribution is 8.27. The van der Waals surface area contributed by atoms with Crippen molar-refractivity contribution in [3.63, 3.8) is 0 Å². The summed E-state index contributed by atoms with van der Waals surface area (Å²) in [6, 6.07) is 25.6. The van der Waals surface area contributed by atoms with Crippen molar-refractivity contribution in [2.45, 2.75) is 25.7 Å². The van der Waals surface area contributed by atoms with Crippen molar-refractivity contribution in [2.24, 2.45) is 15.6 Å². The molecule has 0 amide bonds. The van der Waals surface area contributed by atoms with Crippen LogP contribution in [0.1, 0.15) is 39.4 Å². The molecule has 0 aromatic heterocycles. The van der Waals surface area contributed by atoms with Crippen molar-refractivity contribution >= 4 is 33.3 Å². The first kappa shape index (κ1) is 19.8. The summed E-state index contributed by atoms with van der Waals surface area (Å²) >= 11 is 1.33. The number of carbonyl (C=O) groups excluding carboxylic acids is 1. The van der Waals surface area contributed by atoms with E-state index in [1.165, 1.54) is 11.8 Å². The van der Waals surface area contributed by atoms with Gasteiger partial charge in [-0.1, -0.05) is 89.2 Å². The van der Waals surface area contributed by atoms with E-state index in [1.807, 2.05) is 85.8 Å². The van der Waals surface area contributed by atoms with Gasteiger partial charge in [-0.2, -0.15) is 0 Å². The largest absolute Gasteiger partial charge is 0.410 e. The minimum atomic E-state index is -0.883. The fourth-order valence-corrected chi connectivity index (χ4v) is 6.05. The highest BCUT2D eigenvalue weighted by Crippen LogP contribution is 2.57. The second-order valence-electron chi connectivity index (χ2n) is 8.09. The number of oxime groups is 1. The second-order valence-corrected chi connectivity index (χ2v) is 9.10. The van der Waals surface area contributed by atoms with Crippen molar-refractivity contribution < 1.29 is 10.0 Å². The number of Topliss-reactive ketones (excluding diaryl/α,β-unsaturated/α-hetero) is 1. The van der Waals surface area contributed by atoms with Crippen LogP contribution in [0.15, 0.2) is 89.0 Å². The molecule has 0 unspecified atom stereocenters. The van der Waals surface area contributed by atoms with E-state index in [1.54, 1.807) is 0 Å². The van der Waals surface area contributed by atoms with Crippen LogP contribution in [0, 0.1) is 12.3 Å². The van der Waals surface area contributed by atoms with E-state index in [2.05, 4.69) is 5.16 Å². The zero-order valence-corrected chi connectivity index (χ0v) is 18.0. The molecule has 31 heavy (non-hydrogen) atoms. The van der Waals surface area contributed by atoms with Crippen LogP contribution >= 0.6 is 11.8 Å². The maximum absolute atomic E-state index is 14.1. The molecule has 2 aliphatic rings. The molecule has 1 fully saturated rings. The molecule has 2 atom stereocenters. The zero-order valence-electron chi connectivity index (χ0n) is 17.2. The lowest BCUT2D eigenvalue weighted by Gasteiger charge is -2.37. The number of fused-ring (bicyclic) bond motifs is 1. The van der Waals surface area contributed by atoms with Gasteiger partial charge >= 0.3 is 0 Å². The van der Waals surface area contributed by atoms with Crippen molar-refractivity contribution in [2.75, 3.05) is 0 Å². The van der Waals surface area contributed by atoms with Crippen LogP contribution in [0.3, 0.4) is 0 Å². The quantitative estimate of drug-likeness (QED) is 0.394. The average Bonchev–Trinajstić information content (AvgIpc) is 3.11. The van der Waals surface area contributed by atoms with E-state index in [-0.39, 0.29) is 11.7 Å². The van der Waals surface area contributed by atoms with Gasteiger partial charge in [0.15, 0.2) is 5.78 Å². The van der Waals surface area contributed by atoms with Crippen molar-refractivity contribution in [3.8, 4) is 0 Å². The summed E-state index contributed by atoms with van der Waals surface area (Å²) in [5.74, 6) is -0.313. The van der Waals surface area contributed by atoms with Crippen LogP contribution in [0.4, 0.5) is 5.69 Å². The van der Waals surface area contributed by atoms with E-state index in [4.69, 9.17) is 4.99 Å². The van der Waals surface area contributed by atoms with Gasteiger partial charge in [0, 0.05) is 5.56 Å². The fourth-order valence-electron chi connectivity index (χ4n) is 4.71. The molecule has 3 aromatic rings. The maximum Gasteiger partial charge on any atom is 0.176 e. The minimum absolute atomic E-state index is 0.0563. The molecule has 4 nitrogen and oxygen atoms in total. The third kappa shape index (κ3) is 3.20. The van der Waals surface area contributed by atoms with E-state index in [0.717, 1.165) is 34.4 Å². The van der Waals surface area contributed by atoms with E-state index in [0.29, 0.717) is 16.5 Å².